The zero-order chi connectivity index (χ0) is 13.1. The fourth-order valence-electron chi connectivity index (χ4n) is 2.00. The number of hydrogen-bond acceptors (Lipinski definition) is 3. The molecular formula is C14H17BrN2S. The van der Waals surface area contributed by atoms with Gasteiger partial charge >= 0.3 is 0 Å². The highest BCUT2D eigenvalue weighted by Crippen LogP contribution is 2.29. The molecule has 0 aliphatic rings. The number of hydrogen-bond donors (Lipinski definition) is 2. The maximum absolute atomic E-state index is 5.69. The van der Waals surface area contributed by atoms with E-state index >= 15 is 0 Å². The zero-order valence-electron chi connectivity index (χ0n) is 10.5. The Balaban J connectivity index is 2.22. The van der Waals surface area contributed by atoms with Gasteiger partial charge in [-0.1, -0.05) is 23.8 Å². The van der Waals surface area contributed by atoms with Crippen LogP contribution < -0.4 is 11.3 Å². The lowest BCUT2D eigenvalue weighted by Gasteiger charge is -2.16. The molecule has 4 heteroatoms. The Bertz CT molecular complexity index is 536. The first kappa shape index (κ1) is 13.7. The van der Waals surface area contributed by atoms with E-state index in [0.717, 1.165) is 10.2 Å². The molecular weight excluding hydrogens is 308 g/mol. The summed E-state index contributed by atoms with van der Waals surface area (Å²) in [5.74, 6) is 5.69. The minimum absolute atomic E-state index is 0.168. The minimum Gasteiger partial charge on any atom is -0.271 e. The van der Waals surface area contributed by atoms with Crippen molar-refractivity contribution in [1.82, 2.24) is 5.43 Å². The van der Waals surface area contributed by atoms with E-state index in [1.807, 2.05) is 0 Å². The number of nitrogens with one attached hydrogen (secondary N) is 1. The van der Waals surface area contributed by atoms with Crippen LogP contribution in [-0.4, -0.2) is 0 Å². The van der Waals surface area contributed by atoms with E-state index < -0.39 is 0 Å². The van der Waals surface area contributed by atoms with Gasteiger partial charge in [0.15, 0.2) is 0 Å². The Hall–Kier alpha value is -0.680. The molecule has 1 aromatic heterocycles. The van der Waals surface area contributed by atoms with Crippen LogP contribution in [-0.2, 0) is 6.42 Å². The van der Waals surface area contributed by atoms with E-state index in [1.165, 1.54) is 21.6 Å². The predicted octanol–water partition coefficient (Wildman–Crippen LogP) is 3.87. The van der Waals surface area contributed by atoms with Gasteiger partial charge < -0.3 is 0 Å². The van der Waals surface area contributed by atoms with Crippen LogP contribution >= 0.6 is 27.3 Å². The lowest BCUT2D eigenvalue weighted by Crippen LogP contribution is -2.29. The van der Waals surface area contributed by atoms with Crippen molar-refractivity contribution in [3.05, 3.63) is 55.7 Å². The van der Waals surface area contributed by atoms with Gasteiger partial charge in [0.1, 0.15) is 0 Å². The average molecular weight is 325 g/mol. The SMILES string of the molecule is Cc1ccc(C)c(CC(NN)c2ccc(Br)s2)c1. The van der Waals surface area contributed by atoms with Gasteiger partial charge in [0, 0.05) is 4.88 Å². The van der Waals surface area contributed by atoms with Crippen LogP contribution in [0.4, 0.5) is 0 Å². The van der Waals surface area contributed by atoms with Crippen molar-refractivity contribution < 1.29 is 0 Å². The van der Waals surface area contributed by atoms with Gasteiger partial charge in [-0.05, 0) is 59.5 Å². The third-order valence-electron chi connectivity index (χ3n) is 3.07. The third-order valence-corrected chi connectivity index (χ3v) is 4.80. The largest absolute Gasteiger partial charge is 0.271 e. The summed E-state index contributed by atoms with van der Waals surface area (Å²) in [5, 5.41) is 0. The fraction of sp³-hybridized carbons (Fsp3) is 0.286. The first-order valence-corrected chi connectivity index (χ1v) is 7.48. The molecule has 0 saturated heterocycles. The van der Waals surface area contributed by atoms with Crippen LogP contribution in [0.3, 0.4) is 0 Å². The number of rotatable bonds is 4. The maximum atomic E-state index is 5.69. The fourth-order valence-corrected chi connectivity index (χ4v) is 3.48. The molecule has 18 heavy (non-hydrogen) atoms. The molecule has 1 atom stereocenters. The number of aryl methyl sites for hydroxylation is 2. The summed E-state index contributed by atoms with van der Waals surface area (Å²) in [6.07, 6.45) is 0.914. The first-order valence-electron chi connectivity index (χ1n) is 5.87. The van der Waals surface area contributed by atoms with Crippen LogP contribution in [0.1, 0.15) is 27.6 Å². The molecule has 2 rings (SSSR count). The molecule has 0 spiro atoms. The Morgan fingerprint density at radius 3 is 2.67 bits per heavy atom. The maximum Gasteiger partial charge on any atom is 0.0702 e. The van der Waals surface area contributed by atoms with Gasteiger partial charge in [-0.15, -0.1) is 11.3 Å². The Morgan fingerprint density at radius 2 is 2.06 bits per heavy atom. The van der Waals surface area contributed by atoms with Crippen molar-refractivity contribution in [2.24, 2.45) is 5.84 Å². The zero-order valence-corrected chi connectivity index (χ0v) is 12.9. The van der Waals surface area contributed by atoms with E-state index in [0.29, 0.717) is 0 Å². The van der Waals surface area contributed by atoms with Crippen molar-refractivity contribution >= 4 is 27.3 Å². The van der Waals surface area contributed by atoms with Crippen molar-refractivity contribution in [2.75, 3.05) is 0 Å². The molecule has 0 radical (unpaired) electrons. The van der Waals surface area contributed by atoms with Crippen molar-refractivity contribution in [3.63, 3.8) is 0 Å². The van der Waals surface area contributed by atoms with Gasteiger partial charge in [0.2, 0.25) is 0 Å². The highest BCUT2D eigenvalue weighted by molar-refractivity contribution is 9.11. The summed E-state index contributed by atoms with van der Waals surface area (Å²) in [6.45, 7) is 4.27. The summed E-state index contributed by atoms with van der Waals surface area (Å²) >= 11 is 5.21. The first-order chi connectivity index (χ1) is 8.60. The lowest BCUT2D eigenvalue weighted by atomic mass is 9.98. The average Bonchev–Trinajstić information content (AvgIpc) is 2.77. The molecule has 0 fully saturated rings. The van der Waals surface area contributed by atoms with E-state index in [-0.39, 0.29) is 6.04 Å². The van der Waals surface area contributed by atoms with Gasteiger partial charge in [0.25, 0.3) is 0 Å². The Kier molecular flexibility index (Phi) is 4.56. The molecule has 1 heterocycles. The number of hydrazine groups is 1. The molecule has 2 nitrogen and oxygen atoms in total. The van der Waals surface area contributed by atoms with Crippen molar-refractivity contribution in [1.29, 1.82) is 0 Å². The highest BCUT2D eigenvalue weighted by Gasteiger charge is 2.14. The van der Waals surface area contributed by atoms with E-state index in [9.17, 15) is 0 Å². The van der Waals surface area contributed by atoms with Crippen LogP contribution in [0, 0.1) is 13.8 Å². The lowest BCUT2D eigenvalue weighted by molar-refractivity contribution is 0.559. The summed E-state index contributed by atoms with van der Waals surface area (Å²) in [7, 11) is 0. The van der Waals surface area contributed by atoms with E-state index in [2.05, 4.69) is 65.5 Å². The minimum atomic E-state index is 0.168. The van der Waals surface area contributed by atoms with Crippen molar-refractivity contribution in [3.8, 4) is 0 Å². The van der Waals surface area contributed by atoms with E-state index in [4.69, 9.17) is 5.84 Å². The van der Waals surface area contributed by atoms with Crippen LogP contribution in [0.2, 0.25) is 0 Å². The summed E-state index contributed by atoms with van der Waals surface area (Å²) in [6, 6.07) is 10.9. The normalized spacial score (nSPS) is 12.7. The van der Waals surface area contributed by atoms with Crippen molar-refractivity contribution in [2.45, 2.75) is 26.3 Å². The number of thiophene rings is 1. The quantitative estimate of drug-likeness (QED) is 0.661. The molecule has 2 aromatic rings. The topological polar surface area (TPSA) is 38.0 Å². The molecule has 0 bridgehead atoms. The molecule has 1 unspecified atom stereocenters. The van der Waals surface area contributed by atoms with Gasteiger partial charge in [0.05, 0.1) is 9.83 Å². The van der Waals surface area contributed by atoms with Gasteiger partial charge in [-0.2, -0.15) is 0 Å². The highest BCUT2D eigenvalue weighted by atomic mass is 79.9. The second-order valence-electron chi connectivity index (χ2n) is 4.50. The van der Waals surface area contributed by atoms with Crippen LogP contribution in [0.15, 0.2) is 34.1 Å². The smallest absolute Gasteiger partial charge is 0.0702 e. The summed E-state index contributed by atoms with van der Waals surface area (Å²) in [5.41, 5.74) is 6.87. The molecule has 0 saturated carbocycles. The monoisotopic (exact) mass is 324 g/mol. The van der Waals surface area contributed by atoms with Gasteiger partial charge in [-0.3, -0.25) is 11.3 Å². The Labute approximate surface area is 120 Å². The molecule has 3 N–H and O–H groups in total. The second kappa shape index (κ2) is 5.97. The summed E-state index contributed by atoms with van der Waals surface area (Å²) in [4.78, 5) is 1.25. The number of nitrogens with two attached hydrogens (primary N) is 1. The van der Waals surface area contributed by atoms with Gasteiger partial charge in [-0.25, -0.2) is 0 Å². The van der Waals surface area contributed by atoms with Crippen LogP contribution in [0.5, 0.6) is 0 Å². The molecule has 0 aliphatic heterocycles. The molecule has 0 amide bonds. The summed E-state index contributed by atoms with van der Waals surface area (Å²) < 4.78 is 1.14. The molecule has 0 aliphatic carbocycles. The molecule has 96 valence electrons. The van der Waals surface area contributed by atoms with E-state index in [1.54, 1.807) is 11.3 Å². The number of benzene rings is 1. The molecule has 1 aromatic carbocycles. The second-order valence-corrected chi connectivity index (χ2v) is 6.99. The predicted molar refractivity (Wildman–Crippen MR) is 81.7 cm³/mol. The Morgan fingerprint density at radius 1 is 1.28 bits per heavy atom. The van der Waals surface area contributed by atoms with Crippen LogP contribution in [0.25, 0.3) is 0 Å². The third kappa shape index (κ3) is 3.20. The number of halogens is 1. The standard InChI is InChI=1S/C14H17BrN2S/c1-9-3-4-10(2)11(7-9)8-12(17-16)13-5-6-14(15)18-13/h3-7,12,17H,8,16H2,1-2H3.